The van der Waals surface area contributed by atoms with E-state index in [2.05, 4.69) is 0 Å². The summed E-state index contributed by atoms with van der Waals surface area (Å²) in [5.41, 5.74) is 4.76. The summed E-state index contributed by atoms with van der Waals surface area (Å²) in [5.74, 6) is -2.07. The van der Waals surface area contributed by atoms with Gasteiger partial charge in [-0.15, -0.1) is 0 Å². The van der Waals surface area contributed by atoms with Crippen LogP contribution < -0.4 is 9.80 Å². The van der Waals surface area contributed by atoms with Gasteiger partial charge in [-0.2, -0.15) is 0 Å². The molecule has 2 aliphatic heterocycles. The molecule has 0 aliphatic carbocycles. The second-order valence-electron chi connectivity index (χ2n) is 8.90. The first-order chi connectivity index (χ1) is 16.1. The minimum Gasteiger partial charge on any atom is -0.304 e. The zero-order valence-corrected chi connectivity index (χ0v) is 20.6. The lowest BCUT2D eigenvalue weighted by molar-refractivity contribution is -0.123. The van der Waals surface area contributed by atoms with Gasteiger partial charge < -0.3 is 4.90 Å². The van der Waals surface area contributed by atoms with E-state index in [0.29, 0.717) is 10.7 Å². The second kappa shape index (κ2) is 7.68. The largest absolute Gasteiger partial charge is 0.304 e. The predicted octanol–water partition coefficient (Wildman–Crippen LogP) is 4.43. The Hall–Kier alpha value is -3.16. The lowest BCUT2D eigenvalue weighted by Gasteiger charge is -2.33. The highest BCUT2D eigenvalue weighted by atomic mass is 35.5. The molecule has 6 nitrogen and oxygen atoms in total. The highest BCUT2D eigenvalue weighted by Gasteiger charge is 2.69. The van der Waals surface area contributed by atoms with E-state index in [-0.39, 0.29) is 17.8 Å². The zero-order valence-electron chi connectivity index (χ0n) is 19.0. The normalized spacial score (nSPS) is 20.9. The van der Waals surface area contributed by atoms with Gasteiger partial charge in [0, 0.05) is 16.3 Å². The molecule has 1 spiro atoms. The molecule has 8 heteroatoms. The quantitative estimate of drug-likeness (QED) is 0.540. The third-order valence-corrected chi connectivity index (χ3v) is 9.18. The molecule has 1 saturated heterocycles. The lowest BCUT2D eigenvalue weighted by atomic mass is 10.0. The number of anilines is 2. The number of halogens is 1. The summed E-state index contributed by atoms with van der Waals surface area (Å²) in [4.78, 5) is 27.8. The van der Waals surface area contributed by atoms with Crippen molar-refractivity contribution >= 4 is 44.6 Å². The van der Waals surface area contributed by atoms with Crippen molar-refractivity contribution in [3.8, 4) is 0 Å². The van der Waals surface area contributed by atoms with Crippen LogP contribution in [0.3, 0.4) is 0 Å². The van der Waals surface area contributed by atoms with Crippen molar-refractivity contribution in [1.29, 1.82) is 0 Å². The molecular weight excluding hydrogens is 472 g/mol. The van der Waals surface area contributed by atoms with Crippen LogP contribution in [0.1, 0.15) is 27.8 Å². The number of hydrogen-bond donors (Lipinski definition) is 0. The monoisotopic (exact) mass is 494 g/mol. The number of para-hydroxylation sites is 1. The Bertz CT molecular complexity index is 1480. The van der Waals surface area contributed by atoms with E-state index in [1.54, 1.807) is 42.5 Å². The average molecular weight is 495 g/mol. The molecule has 2 heterocycles. The first kappa shape index (κ1) is 22.6. The molecule has 3 aromatic carbocycles. The van der Waals surface area contributed by atoms with Crippen molar-refractivity contribution in [2.45, 2.75) is 32.2 Å². The topological polar surface area (TPSA) is 74.8 Å². The van der Waals surface area contributed by atoms with Crippen LogP contribution >= 0.6 is 11.6 Å². The molecule has 0 radical (unpaired) electrons. The average Bonchev–Trinajstić information content (AvgIpc) is 3.15. The maximum Gasteiger partial charge on any atom is 0.274 e. The second-order valence-corrected chi connectivity index (χ2v) is 11.4. The molecule has 3 aromatic rings. The Morgan fingerprint density at radius 2 is 1.65 bits per heavy atom. The van der Waals surface area contributed by atoms with Gasteiger partial charge in [-0.3, -0.25) is 14.5 Å². The minimum absolute atomic E-state index is 0.192. The summed E-state index contributed by atoms with van der Waals surface area (Å²) in [6.45, 7) is 5.92. The Labute approximate surface area is 203 Å². The van der Waals surface area contributed by atoms with Gasteiger partial charge in [0.1, 0.15) is 5.75 Å². The first-order valence-electron chi connectivity index (χ1n) is 10.9. The summed E-state index contributed by atoms with van der Waals surface area (Å²) >= 11 is 6.33. The molecule has 1 atom stereocenters. The standard InChI is InChI=1S/C26H23ClN2O4S/c1-16-8-9-17(2)19(12-16)14-28-23-7-5-4-6-21(23)26(25(28)31)29(24(30)15-34(26,32)33)20-11-10-18(3)22(27)13-20/h4-13H,14-15H2,1-3H3/t26-/m0/s1. The fraction of sp³-hybridized carbons (Fsp3) is 0.231. The molecule has 0 aromatic heterocycles. The van der Waals surface area contributed by atoms with Crippen LogP contribution in [-0.4, -0.2) is 26.0 Å². The Balaban J connectivity index is 1.75. The van der Waals surface area contributed by atoms with Gasteiger partial charge in [0.25, 0.3) is 10.8 Å². The van der Waals surface area contributed by atoms with Gasteiger partial charge in [0.2, 0.25) is 5.91 Å². The summed E-state index contributed by atoms with van der Waals surface area (Å²) in [7, 11) is -4.22. The number of carbonyl (C=O) groups is 2. The van der Waals surface area contributed by atoms with E-state index in [4.69, 9.17) is 11.6 Å². The van der Waals surface area contributed by atoms with Crippen molar-refractivity contribution in [2.24, 2.45) is 0 Å². The van der Waals surface area contributed by atoms with Gasteiger partial charge >= 0.3 is 0 Å². The third-order valence-electron chi connectivity index (χ3n) is 6.67. The molecule has 1 fully saturated rings. The van der Waals surface area contributed by atoms with E-state index in [0.717, 1.165) is 27.2 Å². The van der Waals surface area contributed by atoms with Crippen molar-refractivity contribution in [1.82, 2.24) is 0 Å². The maximum atomic E-state index is 14.2. The zero-order chi connectivity index (χ0) is 24.4. The molecule has 34 heavy (non-hydrogen) atoms. The molecule has 2 aliphatic rings. The SMILES string of the molecule is Cc1ccc(C)c(CN2C(=O)[C@@]3(c4ccccc42)N(c2ccc(C)c(Cl)c2)C(=O)CS3(=O)=O)c1. The summed E-state index contributed by atoms with van der Waals surface area (Å²) < 4.78 is 27.4. The van der Waals surface area contributed by atoms with E-state index in [1.807, 2.05) is 39.0 Å². The molecule has 0 unspecified atom stereocenters. The molecule has 0 saturated carbocycles. The Kier molecular flexibility index (Phi) is 5.11. The van der Waals surface area contributed by atoms with Gasteiger partial charge in [-0.25, -0.2) is 8.42 Å². The first-order valence-corrected chi connectivity index (χ1v) is 12.9. The maximum absolute atomic E-state index is 14.2. The number of fused-ring (bicyclic) bond motifs is 2. The summed E-state index contributed by atoms with van der Waals surface area (Å²) in [6.07, 6.45) is 0. The van der Waals surface area contributed by atoms with Crippen LogP contribution in [0, 0.1) is 20.8 Å². The van der Waals surface area contributed by atoms with E-state index in [9.17, 15) is 18.0 Å². The Morgan fingerprint density at radius 3 is 2.38 bits per heavy atom. The van der Waals surface area contributed by atoms with Gasteiger partial charge in [-0.1, -0.05) is 59.6 Å². The number of aryl methyl sites for hydroxylation is 3. The highest BCUT2D eigenvalue weighted by molar-refractivity contribution is 7.94. The predicted molar refractivity (Wildman–Crippen MR) is 133 cm³/mol. The number of rotatable bonds is 3. The smallest absolute Gasteiger partial charge is 0.274 e. The Morgan fingerprint density at radius 1 is 0.941 bits per heavy atom. The molecule has 5 rings (SSSR count). The number of sulfone groups is 1. The van der Waals surface area contributed by atoms with Crippen molar-refractivity contribution < 1.29 is 18.0 Å². The minimum atomic E-state index is -4.22. The molecule has 0 bridgehead atoms. The molecule has 2 amide bonds. The van der Waals surface area contributed by atoms with Crippen LogP contribution in [0.2, 0.25) is 5.02 Å². The van der Waals surface area contributed by atoms with Gasteiger partial charge in [0.15, 0.2) is 9.84 Å². The number of carbonyl (C=O) groups excluding carboxylic acids is 2. The van der Waals surface area contributed by atoms with Crippen molar-refractivity contribution in [3.63, 3.8) is 0 Å². The number of hydrogen-bond acceptors (Lipinski definition) is 4. The third kappa shape index (κ3) is 3.03. The van der Waals surface area contributed by atoms with Crippen LogP contribution in [0.5, 0.6) is 0 Å². The van der Waals surface area contributed by atoms with Crippen LogP contribution in [0.25, 0.3) is 0 Å². The van der Waals surface area contributed by atoms with Crippen LogP contribution in [0.15, 0.2) is 60.7 Å². The fourth-order valence-corrected chi connectivity index (χ4v) is 7.12. The van der Waals surface area contributed by atoms with Gasteiger partial charge in [0.05, 0.1) is 12.2 Å². The lowest BCUT2D eigenvalue weighted by Crippen LogP contribution is -2.54. The van der Waals surface area contributed by atoms with E-state index < -0.39 is 32.3 Å². The molecule has 174 valence electrons. The highest BCUT2D eigenvalue weighted by Crippen LogP contribution is 2.53. The van der Waals surface area contributed by atoms with E-state index in [1.165, 1.54) is 4.90 Å². The molecule has 0 N–H and O–H groups in total. The number of amides is 2. The van der Waals surface area contributed by atoms with Crippen molar-refractivity contribution in [2.75, 3.05) is 15.6 Å². The van der Waals surface area contributed by atoms with E-state index >= 15 is 0 Å². The molecular formula is C26H23ClN2O4S. The van der Waals surface area contributed by atoms with Crippen LogP contribution in [-0.2, 0) is 30.8 Å². The fourth-order valence-electron chi connectivity index (χ4n) is 4.91. The summed E-state index contributed by atoms with van der Waals surface area (Å²) in [5, 5.41) is 0.385. The van der Waals surface area contributed by atoms with Crippen molar-refractivity contribution in [3.05, 3.63) is 93.5 Å². The number of benzene rings is 3. The number of nitrogens with zero attached hydrogens (tertiary/aromatic N) is 2. The van der Waals surface area contributed by atoms with Crippen LogP contribution in [0.4, 0.5) is 11.4 Å². The summed E-state index contributed by atoms with van der Waals surface area (Å²) in [6, 6.07) is 17.6. The van der Waals surface area contributed by atoms with Gasteiger partial charge in [-0.05, 0) is 55.7 Å².